The van der Waals surface area contributed by atoms with Crippen molar-refractivity contribution in [2.24, 2.45) is 0 Å². The minimum absolute atomic E-state index is 0.00516. The van der Waals surface area contributed by atoms with Crippen LogP contribution >= 0.6 is 0 Å². The standard InChI is InChI=1S/C32H29N3O6/c1-38-22-12-14-27(39-2)23(17-22)31-26-8-5-15-33(26)24-6-3-4-7-25(24)35(31)30(36)18-34(21-10-11-21)32(37)20-9-13-28-29(16-20)41-19-40-28/h3-9,12-17,21,31H,10-11,18-19H2,1-2H3. The van der Waals surface area contributed by atoms with E-state index in [-0.39, 0.29) is 31.2 Å². The van der Waals surface area contributed by atoms with E-state index in [0.717, 1.165) is 35.5 Å². The molecule has 1 aromatic heterocycles. The van der Waals surface area contributed by atoms with E-state index in [4.69, 9.17) is 18.9 Å². The maximum Gasteiger partial charge on any atom is 0.254 e. The summed E-state index contributed by atoms with van der Waals surface area (Å²) in [6.07, 6.45) is 3.71. The van der Waals surface area contributed by atoms with E-state index in [1.807, 2.05) is 60.8 Å². The lowest BCUT2D eigenvalue weighted by Gasteiger charge is -2.40. The average Bonchev–Trinajstić information content (AvgIpc) is 3.53. The fourth-order valence-electron chi connectivity index (χ4n) is 5.78. The lowest BCUT2D eigenvalue weighted by Crippen LogP contribution is -2.47. The molecule has 1 atom stereocenters. The van der Waals surface area contributed by atoms with Crippen molar-refractivity contribution in [2.45, 2.75) is 24.9 Å². The number of fused-ring (bicyclic) bond motifs is 4. The number of ether oxygens (including phenoxy) is 4. The Morgan fingerprint density at radius 2 is 1.71 bits per heavy atom. The van der Waals surface area contributed by atoms with Crippen LogP contribution in [0.2, 0.25) is 0 Å². The van der Waals surface area contributed by atoms with Gasteiger partial charge in [0.05, 0.1) is 31.3 Å². The molecule has 9 heteroatoms. The zero-order valence-electron chi connectivity index (χ0n) is 22.8. The molecule has 1 fully saturated rings. The molecule has 0 N–H and O–H groups in total. The molecule has 1 aliphatic carbocycles. The Labute approximate surface area is 237 Å². The van der Waals surface area contributed by atoms with Gasteiger partial charge < -0.3 is 28.4 Å². The number of para-hydroxylation sites is 2. The molecule has 4 aromatic rings. The first kappa shape index (κ1) is 25.1. The van der Waals surface area contributed by atoms with Crippen LogP contribution in [0.15, 0.2) is 79.0 Å². The van der Waals surface area contributed by atoms with E-state index in [1.54, 1.807) is 42.2 Å². The van der Waals surface area contributed by atoms with Gasteiger partial charge in [0.2, 0.25) is 12.7 Å². The lowest BCUT2D eigenvalue weighted by atomic mass is 9.96. The highest BCUT2D eigenvalue weighted by Crippen LogP contribution is 2.46. The maximum absolute atomic E-state index is 14.5. The van der Waals surface area contributed by atoms with Gasteiger partial charge in [-0.1, -0.05) is 12.1 Å². The second kappa shape index (κ2) is 9.92. The number of benzene rings is 3. The Kier molecular flexibility index (Phi) is 6.07. The summed E-state index contributed by atoms with van der Waals surface area (Å²) < 4.78 is 24.3. The molecule has 3 aliphatic rings. The Morgan fingerprint density at radius 3 is 2.49 bits per heavy atom. The van der Waals surface area contributed by atoms with Crippen LogP contribution in [0.3, 0.4) is 0 Å². The minimum Gasteiger partial charge on any atom is -0.497 e. The molecule has 41 heavy (non-hydrogen) atoms. The summed E-state index contributed by atoms with van der Waals surface area (Å²) in [6, 6.07) is 22.0. The summed E-state index contributed by atoms with van der Waals surface area (Å²) >= 11 is 0. The number of carbonyl (C=O) groups is 2. The van der Waals surface area contributed by atoms with E-state index in [1.165, 1.54) is 0 Å². The molecule has 0 spiro atoms. The average molecular weight is 552 g/mol. The molecule has 0 saturated heterocycles. The van der Waals surface area contributed by atoms with Crippen molar-refractivity contribution >= 4 is 17.5 Å². The molecule has 2 aliphatic heterocycles. The fraction of sp³-hybridized carbons (Fsp3) is 0.250. The van der Waals surface area contributed by atoms with Gasteiger partial charge in [0, 0.05) is 23.4 Å². The van der Waals surface area contributed by atoms with Gasteiger partial charge in [-0.25, -0.2) is 0 Å². The maximum atomic E-state index is 14.5. The Hall–Kier alpha value is -4.92. The normalized spacial score (nSPS) is 16.5. The summed E-state index contributed by atoms with van der Waals surface area (Å²) in [5.74, 6) is 2.04. The van der Waals surface area contributed by atoms with Crippen LogP contribution in [0, 0.1) is 0 Å². The summed E-state index contributed by atoms with van der Waals surface area (Å²) in [4.78, 5) is 31.8. The van der Waals surface area contributed by atoms with Gasteiger partial charge in [0.15, 0.2) is 11.5 Å². The van der Waals surface area contributed by atoms with Crippen molar-refractivity contribution in [1.82, 2.24) is 9.47 Å². The van der Waals surface area contributed by atoms with Crippen LogP contribution < -0.4 is 23.8 Å². The Bertz CT molecular complexity index is 1660. The van der Waals surface area contributed by atoms with Crippen LogP contribution in [0.1, 0.15) is 40.5 Å². The number of amides is 2. The molecular formula is C32H29N3O6. The van der Waals surface area contributed by atoms with Gasteiger partial charge in [0.1, 0.15) is 24.1 Å². The predicted octanol–water partition coefficient (Wildman–Crippen LogP) is 4.96. The lowest BCUT2D eigenvalue weighted by molar-refractivity contribution is -0.119. The highest BCUT2D eigenvalue weighted by molar-refractivity contribution is 6.03. The van der Waals surface area contributed by atoms with Crippen LogP contribution in [-0.4, -0.2) is 54.9 Å². The molecule has 0 bridgehead atoms. The highest BCUT2D eigenvalue weighted by atomic mass is 16.7. The van der Waals surface area contributed by atoms with Gasteiger partial charge in [0.25, 0.3) is 5.91 Å². The minimum atomic E-state index is -0.515. The zero-order chi connectivity index (χ0) is 28.1. The summed E-state index contributed by atoms with van der Waals surface area (Å²) in [5.41, 5.74) is 3.80. The van der Waals surface area contributed by atoms with E-state index in [2.05, 4.69) is 4.57 Å². The van der Waals surface area contributed by atoms with Crippen molar-refractivity contribution in [1.29, 1.82) is 0 Å². The third-order valence-electron chi connectivity index (χ3n) is 7.89. The van der Waals surface area contributed by atoms with Crippen molar-refractivity contribution < 1.29 is 28.5 Å². The van der Waals surface area contributed by atoms with Gasteiger partial charge in [-0.05, 0) is 73.5 Å². The molecule has 1 saturated carbocycles. The monoisotopic (exact) mass is 551 g/mol. The number of hydrogen-bond acceptors (Lipinski definition) is 6. The number of nitrogens with zero attached hydrogens (tertiary/aromatic N) is 3. The van der Waals surface area contributed by atoms with Crippen LogP contribution in [0.4, 0.5) is 5.69 Å². The predicted molar refractivity (Wildman–Crippen MR) is 151 cm³/mol. The van der Waals surface area contributed by atoms with Crippen LogP contribution in [0.5, 0.6) is 23.0 Å². The highest BCUT2D eigenvalue weighted by Gasteiger charge is 2.41. The van der Waals surface area contributed by atoms with Gasteiger partial charge in [-0.2, -0.15) is 0 Å². The molecule has 9 nitrogen and oxygen atoms in total. The van der Waals surface area contributed by atoms with Gasteiger partial charge in [-0.15, -0.1) is 0 Å². The summed E-state index contributed by atoms with van der Waals surface area (Å²) in [5, 5.41) is 0. The van der Waals surface area contributed by atoms with E-state index < -0.39 is 6.04 Å². The first-order valence-corrected chi connectivity index (χ1v) is 13.6. The molecule has 3 aromatic carbocycles. The van der Waals surface area contributed by atoms with Crippen molar-refractivity contribution in [3.63, 3.8) is 0 Å². The number of aromatic nitrogens is 1. The van der Waals surface area contributed by atoms with Gasteiger partial charge in [-0.3, -0.25) is 14.5 Å². The molecule has 1 unspecified atom stereocenters. The summed E-state index contributed by atoms with van der Waals surface area (Å²) in [6.45, 7) is 0.0544. The smallest absolute Gasteiger partial charge is 0.254 e. The van der Waals surface area contributed by atoms with Crippen LogP contribution in [0.25, 0.3) is 5.69 Å². The van der Waals surface area contributed by atoms with Crippen molar-refractivity contribution in [3.8, 4) is 28.7 Å². The third-order valence-corrected chi connectivity index (χ3v) is 7.89. The fourth-order valence-corrected chi connectivity index (χ4v) is 5.78. The number of rotatable bonds is 7. The Morgan fingerprint density at radius 1 is 0.902 bits per heavy atom. The first-order valence-electron chi connectivity index (χ1n) is 13.6. The Balaban J connectivity index is 1.30. The second-order valence-corrected chi connectivity index (χ2v) is 10.3. The zero-order valence-corrected chi connectivity index (χ0v) is 22.8. The van der Waals surface area contributed by atoms with Crippen molar-refractivity contribution in [2.75, 3.05) is 32.5 Å². The molecule has 3 heterocycles. The second-order valence-electron chi connectivity index (χ2n) is 10.3. The first-order chi connectivity index (χ1) is 20.1. The topological polar surface area (TPSA) is 82.5 Å². The van der Waals surface area contributed by atoms with E-state index in [0.29, 0.717) is 28.6 Å². The number of methoxy groups -OCH3 is 2. The molecule has 208 valence electrons. The number of anilines is 1. The van der Waals surface area contributed by atoms with E-state index in [9.17, 15) is 9.59 Å². The van der Waals surface area contributed by atoms with Crippen LogP contribution in [-0.2, 0) is 4.79 Å². The number of carbonyl (C=O) groups excluding carboxylic acids is 2. The van der Waals surface area contributed by atoms with Crippen molar-refractivity contribution in [3.05, 3.63) is 95.8 Å². The SMILES string of the molecule is COc1ccc(OC)c(C2c3cccn3-c3ccccc3N2C(=O)CN(C(=O)c2ccc3c(c2)OCO3)C2CC2)c1. The molecule has 0 radical (unpaired) electrons. The van der Waals surface area contributed by atoms with E-state index >= 15 is 0 Å². The molecule has 2 amide bonds. The summed E-state index contributed by atoms with van der Waals surface area (Å²) in [7, 11) is 3.23. The third kappa shape index (κ3) is 4.25. The molecule has 7 rings (SSSR count). The molecular weight excluding hydrogens is 522 g/mol. The largest absolute Gasteiger partial charge is 0.497 e. The number of hydrogen-bond donors (Lipinski definition) is 0. The van der Waals surface area contributed by atoms with Gasteiger partial charge >= 0.3 is 0 Å². The quantitative estimate of drug-likeness (QED) is 0.323.